The molecule has 4 nitrogen and oxygen atoms in total. The third-order valence-corrected chi connectivity index (χ3v) is 4.54. The summed E-state index contributed by atoms with van der Waals surface area (Å²) in [5, 5.41) is 0. The fourth-order valence-electron chi connectivity index (χ4n) is 2.29. The van der Waals surface area contributed by atoms with E-state index >= 15 is 0 Å². The molecule has 1 aromatic carbocycles. The van der Waals surface area contributed by atoms with Crippen molar-refractivity contribution in [2.75, 3.05) is 5.75 Å². The van der Waals surface area contributed by atoms with Crippen LogP contribution in [0.5, 0.6) is 0 Å². The van der Waals surface area contributed by atoms with Gasteiger partial charge in [0.1, 0.15) is 5.60 Å². The van der Waals surface area contributed by atoms with Gasteiger partial charge in [0.2, 0.25) is 5.91 Å². The van der Waals surface area contributed by atoms with Crippen molar-refractivity contribution in [2.45, 2.75) is 57.1 Å². The number of imide groups is 1. The number of likely N-dealkylation sites (tertiary alicyclic amines) is 1. The van der Waals surface area contributed by atoms with E-state index in [1.165, 1.54) is 10.5 Å². The molecule has 1 atom stereocenters. The highest BCUT2D eigenvalue weighted by molar-refractivity contribution is 7.99. The number of ether oxygens (including phenoxy) is 1. The molecule has 0 N–H and O–H groups in total. The third kappa shape index (κ3) is 4.50. The van der Waals surface area contributed by atoms with Crippen molar-refractivity contribution >= 4 is 23.8 Å². The molecular weight excluding hydrogens is 298 g/mol. The van der Waals surface area contributed by atoms with Crippen LogP contribution in [0.1, 0.15) is 39.2 Å². The maximum atomic E-state index is 12.2. The number of aryl methyl sites for hydroxylation is 1. The molecule has 120 valence electrons. The Balaban J connectivity index is 1.98. The minimum Gasteiger partial charge on any atom is -0.443 e. The zero-order valence-corrected chi connectivity index (χ0v) is 14.4. The molecule has 1 saturated heterocycles. The number of hydrogen-bond acceptors (Lipinski definition) is 4. The van der Waals surface area contributed by atoms with Gasteiger partial charge in [0, 0.05) is 17.1 Å². The van der Waals surface area contributed by atoms with E-state index in [2.05, 4.69) is 24.3 Å². The Morgan fingerprint density at radius 3 is 2.55 bits per heavy atom. The van der Waals surface area contributed by atoms with E-state index in [1.54, 1.807) is 11.8 Å². The largest absolute Gasteiger partial charge is 0.443 e. The zero-order valence-electron chi connectivity index (χ0n) is 13.6. The topological polar surface area (TPSA) is 46.6 Å². The van der Waals surface area contributed by atoms with Crippen LogP contribution >= 0.6 is 11.8 Å². The highest BCUT2D eigenvalue weighted by Gasteiger charge is 2.38. The van der Waals surface area contributed by atoms with Gasteiger partial charge in [-0.15, -0.1) is 11.8 Å². The Bertz CT molecular complexity index is 548. The van der Waals surface area contributed by atoms with Crippen molar-refractivity contribution in [3.63, 3.8) is 0 Å². The summed E-state index contributed by atoms with van der Waals surface area (Å²) in [5.41, 5.74) is 0.630. The van der Waals surface area contributed by atoms with Crippen LogP contribution in [-0.4, -0.2) is 34.3 Å². The van der Waals surface area contributed by atoms with Crippen molar-refractivity contribution in [3.8, 4) is 0 Å². The van der Waals surface area contributed by atoms with E-state index < -0.39 is 11.7 Å². The summed E-state index contributed by atoms with van der Waals surface area (Å²) in [6.45, 7) is 7.47. The van der Waals surface area contributed by atoms with Gasteiger partial charge in [-0.25, -0.2) is 9.69 Å². The molecule has 0 unspecified atom stereocenters. The van der Waals surface area contributed by atoms with Gasteiger partial charge in [-0.05, 0) is 46.2 Å². The van der Waals surface area contributed by atoms with Gasteiger partial charge in [0.05, 0.1) is 6.04 Å². The van der Waals surface area contributed by atoms with E-state index in [-0.39, 0.29) is 11.9 Å². The lowest BCUT2D eigenvalue weighted by atomic mass is 10.2. The minimum absolute atomic E-state index is 0.0892. The van der Waals surface area contributed by atoms with Crippen LogP contribution in [-0.2, 0) is 9.53 Å². The molecule has 1 aliphatic rings. The highest BCUT2D eigenvalue weighted by atomic mass is 32.2. The summed E-state index contributed by atoms with van der Waals surface area (Å²) in [4.78, 5) is 26.6. The first-order valence-electron chi connectivity index (χ1n) is 7.51. The van der Waals surface area contributed by atoms with Crippen molar-refractivity contribution < 1.29 is 14.3 Å². The summed E-state index contributed by atoms with van der Waals surface area (Å²) >= 11 is 1.67. The first-order chi connectivity index (χ1) is 10.3. The van der Waals surface area contributed by atoms with E-state index in [1.807, 2.05) is 27.7 Å². The number of amides is 2. The van der Waals surface area contributed by atoms with Crippen LogP contribution in [0.3, 0.4) is 0 Å². The zero-order chi connectivity index (χ0) is 16.3. The Morgan fingerprint density at radius 2 is 1.95 bits per heavy atom. The van der Waals surface area contributed by atoms with Gasteiger partial charge in [-0.2, -0.15) is 0 Å². The smallest absolute Gasteiger partial charge is 0.417 e. The first kappa shape index (κ1) is 16.9. The fourth-order valence-corrected chi connectivity index (χ4v) is 3.32. The SMILES string of the molecule is Cc1ccc(SC[C@@H]2CCC(=O)N2C(=O)OC(C)(C)C)cc1. The molecule has 1 fully saturated rings. The normalized spacial score (nSPS) is 18.6. The molecule has 2 amide bonds. The van der Waals surface area contributed by atoms with Crippen LogP contribution < -0.4 is 0 Å². The Morgan fingerprint density at radius 1 is 1.32 bits per heavy atom. The van der Waals surface area contributed by atoms with E-state index in [0.717, 1.165) is 4.90 Å². The maximum absolute atomic E-state index is 12.2. The van der Waals surface area contributed by atoms with E-state index in [4.69, 9.17) is 4.74 Å². The average molecular weight is 321 g/mol. The summed E-state index contributed by atoms with van der Waals surface area (Å²) in [7, 11) is 0. The van der Waals surface area contributed by atoms with Crippen LogP contribution in [0.2, 0.25) is 0 Å². The Hall–Kier alpha value is -1.49. The molecular formula is C17H23NO3S. The Kier molecular flexibility index (Phi) is 5.16. The second kappa shape index (κ2) is 6.73. The summed E-state index contributed by atoms with van der Waals surface area (Å²) in [5.74, 6) is 0.567. The number of nitrogens with zero attached hydrogens (tertiary/aromatic N) is 1. The monoisotopic (exact) mass is 321 g/mol. The van der Waals surface area contributed by atoms with E-state index in [0.29, 0.717) is 18.6 Å². The van der Waals surface area contributed by atoms with Crippen molar-refractivity contribution in [1.82, 2.24) is 4.90 Å². The molecule has 1 aromatic rings. The molecule has 0 saturated carbocycles. The summed E-state index contributed by atoms with van der Waals surface area (Å²) in [6.07, 6.45) is 0.597. The lowest BCUT2D eigenvalue weighted by molar-refractivity contribution is -0.127. The predicted molar refractivity (Wildman–Crippen MR) is 88.0 cm³/mol. The fraction of sp³-hybridized carbons (Fsp3) is 0.529. The minimum atomic E-state index is -0.589. The van der Waals surface area contributed by atoms with Gasteiger partial charge < -0.3 is 4.74 Å². The number of hydrogen-bond donors (Lipinski definition) is 0. The van der Waals surface area contributed by atoms with Gasteiger partial charge in [0.25, 0.3) is 0 Å². The first-order valence-corrected chi connectivity index (χ1v) is 8.49. The number of carbonyl (C=O) groups excluding carboxylic acids is 2. The molecule has 5 heteroatoms. The van der Waals surface area contributed by atoms with Gasteiger partial charge in [0.15, 0.2) is 0 Å². The molecule has 0 bridgehead atoms. The quantitative estimate of drug-likeness (QED) is 0.789. The van der Waals surface area contributed by atoms with Gasteiger partial charge in [-0.3, -0.25) is 4.79 Å². The molecule has 0 radical (unpaired) electrons. The molecule has 0 spiro atoms. The summed E-state index contributed by atoms with van der Waals surface area (Å²) < 4.78 is 5.35. The van der Waals surface area contributed by atoms with Crippen LogP contribution in [0.15, 0.2) is 29.2 Å². The molecule has 2 rings (SSSR count). The Labute approximate surface area is 136 Å². The molecule has 22 heavy (non-hydrogen) atoms. The van der Waals surface area contributed by atoms with Crippen molar-refractivity contribution in [1.29, 1.82) is 0 Å². The van der Waals surface area contributed by atoms with Crippen LogP contribution in [0, 0.1) is 6.92 Å². The maximum Gasteiger partial charge on any atom is 0.417 e. The van der Waals surface area contributed by atoms with Gasteiger partial charge >= 0.3 is 6.09 Å². The average Bonchev–Trinajstić information content (AvgIpc) is 2.77. The third-order valence-electron chi connectivity index (χ3n) is 3.38. The highest BCUT2D eigenvalue weighted by Crippen LogP contribution is 2.28. The predicted octanol–water partition coefficient (Wildman–Crippen LogP) is 4.01. The molecule has 1 heterocycles. The van der Waals surface area contributed by atoms with Gasteiger partial charge in [-0.1, -0.05) is 17.7 Å². The lowest BCUT2D eigenvalue weighted by Crippen LogP contribution is -2.43. The number of rotatable bonds is 3. The second-order valence-corrected chi connectivity index (χ2v) is 7.65. The number of benzene rings is 1. The van der Waals surface area contributed by atoms with Crippen LogP contribution in [0.4, 0.5) is 4.79 Å². The van der Waals surface area contributed by atoms with E-state index in [9.17, 15) is 9.59 Å². The standard InChI is InChI=1S/C17H23NO3S/c1-12-5-8-14(9-6-12)22-11-13-7-10-15(19)18(13)16(20)21-17(2,3)4/h5-6,8-9,13H,7,10-11H2,1-4H3/t13-/m0/s1. The molecule has 1 aliphatic heterocycles. The lowest BCUT2D eigenvalue weighted by Gasteiger charge is -2.27. The molecule has 0 aliphatic carbocycles. The summed E-state index contributed by atoms with van der Waals surface area (Å²) in [6, 6.07) is 8.17. The number of carbonyl (C=O) groups is 2. The molecule has 0 aromatic heterocycles. The van der Waals surface area contributed by atoms with Crippen LogP contribution in [0.25, 0.3) is 0 Å². The van der Waals surface area contributed by atoms with Crippen molar-refractivity contribution in [2.24, 2.45) is 0 Å². The van der Waals surface area contributed by atoms with Crippen molar-refractivity contribution in [3.05, 3.63) is 29.8 Å². The number of thioether (sulfide) groups is 1. The second-order valence-electron chi connectivity index (χ2n) is 6.56.